The van der Waals surface area contributed by atoms with Crippen LogP contribution in [0.3, 0.4) is 0 Å². The molecule has 1 aromatic heterocycles. The summed E-state index contributed by atoms with van der Waals surface area (Å²) >= 11 is 0. The van der Waals surface area contributed by atoms with Crippen molar-refractivity contribution in [3.8, 4) is 17.6 Å². The number of carbonyl (C=O) groups excluding carboxylic acids is 1. The van der Waals surface area contributed by atoms with Crippen LogP contribution in [0.25, 0.3) is 11.0 Å². The number of benzene rings is 2. The average Bonchev–Trinajstić information content (AvgIpc) is 3.26. The molecule has 2 aliphatic rings. The molecule has 2 aliphatic heterocycles. The van der Waals surface area contributed by atoms with Gasteiger partial charge in [-0.25, -0.2) is 4.98 Å². The lowest BCUT2D eigenvalue weighted by Crippen LogP contribution is -2.30. The van der Waals surface area contributed by atoms with Crippen LogP contribution in [-0.2, 0) is 0 Å². The molecule has 0 spiro atoms. The van der Waals surface area contributed by atoms with Crippen molar-refractivity contribution in [1.82, 2.24) is 14.5 Å². The fraction of sp³-hybridized carbons (Fsp3) is 0.304. The Balaban J connectivity index is 1.78. The van der Waals surface area contributed by atoms with Crippen molar-refractivity contribution in [3.05, 3.63) is 58.9 Å². The van der Waals surface area contributed by atoms with Crippen LogP contribution in [0.1, 0.15) is 56.3 Å². The van der Waals surface area contributed by atoms with E-state index >= 15 is 0 Å². The number of fused-ring (bicyclic) bond motifs is 9. The highest BCUT2D eigenvalue weighted by molar-refractivity contribution is 5.97. The molecule has 0 aliphatic carbocycles. The Kier molecular flexibility index (Phi) is 3.86. The van der Waals surface area contributed by atoms with E-state index in [1.165, 1.54) is 18.2 Å². The minimum Gasteiger partial charge on any atom is -0.434 e. The molecule has 31 heavy (non-hydrogen) atoms. The molecule has 0 radical (unpaired) electrons. The van der Waals surface area contributed by atoms with Gasteiger partial charge in [0, 0.05) is 40.6 Å². The first-order chi connectivity index (χ1) is 16.2. The number of aliphatic hydroxyl groups is 1. The molecule has 6 nitrogen and oxygen atoms in total. The summed E-state index contributed by atoms with van der Waals surface area (Å²) in [6.07, 6.45) is 0.462. The van der Waals surface area contributed by atoms with Crippen LogP contribution < -0.4 is 4.74 Å². The van der Waals surface area contributed by atoms with Gasteiger partial charge in [0.25, 0.3) is 5.91 Å². The zero-order valence-electron chi connectivity index (χ0n) is 19.2. The van der Waals surface area contributed by atoms with Crippen LogP contribution in [-0.4, -0.2) is 45.7 Å². The molecule has 5 rings (SSSR count). The third kappa shape index (κ3) is 3.04. The second-order valence-electron chi connectivity index (χ2n) is 7.36. The third-order valence-corrected chi connectivity index (χ3v) is 5.62. The van der Waals surface area contributed by atoms with Gasteiger partial charge in [-0.3, -0.25) is 4.79 Å². The predicted octanol–water partition coefficient (Wildman–Crippen LogP) is 3.49. The maximum absolute atomic E-state index is 13.4. The number of aromatic nitrogens is 2. The van der Waals surface area contributed by atoms with E-state index in [1.54, 1.807) is 22.8 Å². The Morgan fingerprint density at radius 1 is 1.35 bits per heavy atom. The molecule has 0 unspecified atom stereocenters. The molecule has 8 heteroatoms. The Hall–Kier alpha value is -3.44. The molecule has 0 saturated heterocycles. The van der Waals surface area contributed by atoms with Gasteiger partial charge in [-0.1, -0.05) is 17.9 Å². The van der Waals surface area contributed by atoms with Gasteiger partial charge in [0.2, 0.25) is 0 Å². The predicted molar refractivity (Wildman–Crippen MR) is 109 cm³/mol. The summed E-state index contributed by atoms with van der Waals surface area (Å²) in [6.45, 7) is -5.96. The van der Waals surface area contributed by atoms with Crippen molar-refractivity contribution in [2.24, 2.45) is 0 Å². The molecular formula is C23H19F2N3O3. The van der Waals surface area contributed by atoms with E-state index in [0.717, 1.165) is 4.90 Å². The van der Waals surface area contributed by atoms with Crippen molar-refractivity contribution < 1.29 is 27.5 Å². The standard InChI is InChI=1S/C23H19F2N3O3/c1-27-18-12-17(20-14(22(27)30)6-4-7-19(20)31-23(24)25)28-16-11-13(5-2-3-10-29)8-9-15(16)26-21(18)28/h4,6-9,11,17-18,23,29H,3,10,12H2,1H3/t17-,18-/m1/s1/i1D3. The molecule has 0 fully saturated rings. The van der Waals surface area contributed by atoms with Gasteiger partial charge < -0.3 is 19.3 Å². The lowest BCUT2D eigenvalue weighted by molar-refractivity contribution is -0.0507. The first-order valence-corrected chi connectivity index (χ1v) is 9.73. The Morgan fingerprint density at radius 2 is 2.23 bits per heavy atom. The summed E-state index contributed by atoms with van der Waals surface area (Å²) in [5.74, 6) is 5.22. The molecule has 1 amide bonds. The number of hydrogen-bond acceptors (Lipinski definition) is 4. The maximum atomic E-state index is 13.4. The number of imidazole rings is 1. The minimum atomic E-state index is -3.12. The third-order valence-electron chi connectivity index (χ3n) is 5.62. The molecule has 158 valence electrons. The molecule has 3 heterocycles. The summed E-state index contributed by atoms with van der Waals surface area (Å²) < 4.78 is 57.1. The zero-order chi connectivity index (χ0) is 24.2. The number of carbonyl (C=O) groups is 1. The number of hydrogen-bond donors (Lipinski definition) is 1. The fourth-order valence-electron chi connectivity index (χ4n) is 4.41. The molecular weight excluding hydrogens is 404 g/mol. The van der Waals surface area contributed by atoms with E-state index in [2.05, 4.69) is 16.8 Å². The van der Waals surface area contributed by atoms with Gasteiger partial charge in [0.05, 0.1) is 29.7 Å². The number of rotatable bonds is 3. The van der Waals surface area contributed by atoms with Crippen molar-refractivity contribution in [2.75, 3.05) is 13.6 Å². The Morgan fingerprint density at radius 3 is 3.00 bits per heavy atom. The number of amides is 1. The Labute approximate surface area is 181 Å². The summed E-state index contributed by atoms with van der Waals surface area (Å²) in [5, 5.41) is 8.97. The summed E-state index contributed by atoms with van der Waals surface area (Å²) in [6, 6.07) is 7.92. The second-order valence-corrected chi connectivity index (χ2v) is 7.36. The number of halogens is 2. The summed E-state index contributed by atoms with van der Waals surface area (Å²) in [5.41, 5.74) is 2.07. The largest absolute Gasteiger partial charge is 0.434 e. The van der Waals surface area contributed by atoms with Gasteiger partial charge in [0.1, 0.15) is 11.6 Å². The van der Waals surface area contributed by atoms with E-state index in [0.29, 0.717) is 28.8 Å². The van der Waals surface area contributed by atoms with Crippen LogP contribution in [0.4, 0.5) is 8.78 Å². The van der Waals surface area contributed by atoms with E-state index in [4.69, 9.17) is 14.0 Å². The molecule has 2 aromatic carbocycles. The molecule has 1 N–H and O–H groups in total. The molecule has 3 aromatic rings. The van der Waals surface area contributed by atoms with Crippen molar-refractivity contribution in [3.63, 3.8) is 0 Å². The highest BCUT2D eigenvalue weighted by Crippen LogP contribution is 2.49. The minimum absolute atomic E-state index is 0.00756. The number of alkyl halides is 2. The van der Waals surface area contributed by atoms with Gasteiger partial charge in [-0.15, -0.1) is 0 Å². The van der Waals surface area contributed by atoms with Crippen LogP contribution in [0.2, 0.25) is 0 Å². The van der Waals surface area contributed by atoms with E-state index in [-0.39, 0.29) is 29.9 Å². The van der Waals surface area contributed by atoms with E-state index in [9.17, 15) is 13.6 Å². The van der Waals surface area contributed by atoms with E-state index < -0.39 is 31.6 Å². The normalized spacial score (nSPS) is 21.0. The highest BCUT2D eigenvalue weighted by Gasteiger charge is 2.44. The van der Waals surface area contributed by atoms with Crippen molar-refractivity contribution >= 4 is 16.9 Å². The number of aliphatic hydroxyl groups excluding tert-OH is 1. The van der Waals surface area contributed by atoms with Crippen LogP contribution >= 0.6 is 0 Å². The highest BCUT2D eigenvalue weighted by atomic mass is 19.3. The van der Waals surface area contributed by atoms with Crippen LogP contribution in [0, 0.1) is 11.8 Å². The Bertz CT molecular complexity index is 1360. The summed E-state index contributed by atoms with van der Waals surface area (Å²) in [4.78, 5) is 18.8. The SMILES string of the molecule is [2H]C([2H])([2H])N1C(=O)c2cccc(OC(F)F)c2[C@H]2C[C@@H]1c1nc3ccc(C#CCCO)cc3n12. The zero-order valence-corrected chi connectivity index (χ0v) is 16.2. The molecule has 0 saturated carbocycles. The average molecular weight is 426 g/mol. The van der Waals surface area contributed by atoms with Crippen LogP contribution in [0.15, 0.2) is 36.4 Å². The van der Waals surface area contributed by atoms with Gasteiger partial charge in [-0.05, 0) is 30.3 Å². The monoisotopic (exact) mass is 426 g/mol. The lowest BCUT2D eigenvalue weighted by atomic mass is 9.97. The first kappa shape index (κ1) is 16.3. The quantitative estimate of drug-likeness (QED) is 0.651. The molecule has 2 bridgehead atoms. The first-order valence-electron chi connectivity index (χ1n) is 11.2. The van der Waals surface area contributed by atoms with Gasteiger partial charge in [-0.2, -0.15) is 8.78 Å². The van der Waals surface area contributed by atoms with E-state index in [1.807, 2.05) is 0 Å². The number of ether oxygens (including phenoxy) is 1. The van der Waals surface area contributed by atoms with Crippen LogP contribution in [0.5, 0.6) is 5.75 Å². The number of nitrogens with zero attached hydrogens (tertiary/aromatic N) is 3. The van der Waals surface area contributed by atoms with Crippen molar-refractivity contribution in [2.45, 2.75) is 31.5 Å². The topological polar surface area (TPSA) is 67.6 Å². The van der Waals surface area contributed by atoms with Gasteiger partial charge >= 0.3 is 6.61 Å². The summed E-state index contributed by atoms with van der Waals surface area (Å²) in [7, 11) is 0. The fourth-order valence-corrected chi connectivity index (χ4v) is 4.41. The van der Waals surface area contributed by atoms with Gasteiger partial charge in [0.15, 0.2) is 0 Å². The lowest BCUT2D eigenvalue weighted by Gasteiger charge is -2.24. The maximum Gasteiger partial charge on any atom is 0.387 e. The smallest absolute Gasteiger partial charge is 0.387 e. The molecule has 2 atom stereocenters. The van der Waals surface area contributed by atoms with Crippen molar-refractivity contribution in [1.29, 1.82) is 0 Å². The second kappa shape index (κ2) is 7.36.